The number of esters is 1. The molecule has 208 valence electrons. The number of hydrogen-bond acceptors (Lipinski definition) is 9. The Bertz CT molecular complexity index is 1420. The zero-order valence-corrected chi connectivity index (χ0v) is 23.0. The number of pyridine rings is 1. The molecule has 2 aromatic heterocycles. The van der Waals surface area contributed by atoms with Crippen LogP contribution in [0, 0.1) is 0 Å². The highest BCUT2D eigenvalue weighted by atomic mass is 16.6. The number of para-hydroxylation sites is 1. The van der Waals surface area contributed by atoms with E-state index in [-0.39, 0.29) is 12.7 Å². The average molecular weight is 536 g/mol. The number of methoxy groups -OCH3 is 2. The third-order valence-electron chi connectivity index (χ3n) is 6.22. The Morgan fingerprint density at radius 1 is 1.10 bits per heavy atom. The van der Waals surface area contributed by atoms with Gasteiger partial charge in [-0.1, -0.05) is 24.3 Å². The van der Waals surface area contributed by atoms with Gasteiger partial charge in [-0.2, -0.15) is 0 Å². The van der Waals surface area contributed by atoms with Crippen molar-refractivity contribution in [2.75, 3.05) is 39.7 Å². The summed E-state index contributed by atoms with van der Waals surface area (Å²) in [6.45, 7) is 6.19. The number of nitrogens with one attached hydrogen (secondary N) is 1. The number of benzene rings is 2. The number of nitrogen functional groups attached to an aromatic ring is 1. The van der Waals surface area contributed by atoms with Crippen LogP contribution in [0.25, 0.3) is 21.9 Å². The number of rotatable bonds is 14. The van der Waals surface area contributed by atoms with Crippen LogP contribution < -0.4 is 20.5 Å². The maximum absolute atomic E-state index is 11.9. The van der Waals surface area contributed by atoms with Crippen LogP contribution in [0.1, 0.15) is 31.7 Å². The number of anilines is 1. The molecule has 2 heterocycles. The molecule has 4 rings (SSSR count). The van der Waals surface area contributed by atoms with E-state index in [0.29, 0.717) is 36.9 Å². The van der Waals surface area contributed by atoms with Crippen molar-refractivity contribution in [3.63, 3.8) is 0 Å². The van der Waals surface area contributed by atoms with E-state index in [9.17, 15) is 4.79 Å². The van der Waals surface area contributed by atoms with Crippen molar-refractivity contribution in [3.05, 3.63) is 53.9 Å². The minimum Gasteiger partial charge on any atom is -0.493 e. The average Bonchev–Trinajstić information content (AvgIpc) is 3.29. The van der Waals surface area contributed by atoms with Crippen molar-refractivity contribution < 1.29 is 23.7 Å². The number of hydrogen-bond donors (Lipinski definition) is 2. The number of nitrogens with two attached hydrogens (primary N) is 1. The number of ether oxygens (including phenoxy) is 4. The van der Waals surface area contributed by atoms with Crippen molar-refractivity contribution in [1.82, 2.24) is 19.9 Å². The lowest BCUT2D eigenvalue weighted by atomic mass is 10.2. The molecule has 0 bridgehead atoms. The largest absolute Gasteiger partial charge is 0.493 e. The molecule has 0 aliphatic rings. The van der Waals surface area contributed by atoms with Gasteiger partial charge in [0.2, 0.25) is 0 Å². The summed E-state index contributed by atoms with van der Waals surface area (Å²) < 4.78 is 23.8. The molecule has 0 atom stereocenters. The molecule has 0 radical (unpaired) electrons. The summed E-state index contributed by atoms with van der Waals surface area (Å²) in [6, 6.07) is 13.7. The minimum absolute atomic E-state index is 0.176. The second-order valence-corrected chi connectivity index (χ2v) is 9.48. The predicted molar refractivity (Wildman–Crippen MR) is 151 cm³/mol. The third-order valence-corrected chi connectivity index (χ3v) is 6.22. The lowest BCUT2D eigenvalue weighted by Gasteiger charge is -2.14. The number of carbonyl (C=O) groups is 1. The van der Waals surface area contributed by atoms with Gasteiger partial charge in [-0.25, -0.2) is 14.8 Å². The van der Waals surface area contributed by atoms with Gasteiger partial charge in [0.1, 0.15) is 11.3 Å². The minimum atomic E-state index is -0.419. The number of imidazole rings is 1. The number of fused-ring (bicyclic) bond motifs is 3. The Kier molecular flexibility index (Phi) is 9.56. The van der Waals surface area contributed by atoms with Gasteiger partial charge in [-0.3, -0.25) is 0 Å². The molecule has 10 heteroatoms. The van der Waals surface area contributed by atoms with Crippen molar-refractivity contribution in [2.24, 2.45) is 0 Å². The SMILES string of the molecule is COCCc1nc2c(N)nc3ccccc3c2n1CCCNCc1ccc(OC)c(OCC(=O)OC(C)C)c1. The standard InChI is InChI=1S/C29H37N5O5/c1-19(2)39-26(35)18-38-24-16-20(10-11-23(24)37-4)17-31-13-7-14-34-25(12-15-36-3)33-27-28(34)21-8-5-6-9-22(21)32-29(27)30/h5-6,8-11,16,19,31H,7,12-15,17-18H2,1-4H3,(H2,30,32). The van der Waals surface area contributed by atoms with Crippen LogP contribution in [-0.4, -0.2) is 60.6 Å². The summed E-state index contributed by atoms with van der Waals surface area (Å²) in [5.74, 6) is 2.02. The molecule has 0 aliphatic heterocycles. The van der Waals surface area contributed by atoms with Gasteiger partial charge < -0.3 is 34.6 Å². The molecule has 0 amide bonds. The Balaban J connectivity index is 1.41. The fraction of sp³-hybridized carbons (Fsp3) is 0.414. The van der Waals surface area contributed by atoms with E-state index in [1.54, 1.807) is 28.1 Å². The maximum atomic E-state index is 11.9. The van der Waals surface area contributed by atoms with Gasteiger partial charge >= 0.3 is 5.97 Å². The quantitative estimate of drug-likeness (QED) is 0.183. The summed E-state index contributed by atoms with van der Waals surface area (Å²) in [6.07, 6.45) is 1.37. The maximum Gasteiger partial charge on any atom is 0.344 e. The molecular formula is C29H37N5O5. The van der Waals surface area contributed by atoms with Gasteiger partial charge in [0, 0.05) is 32.0 Å². The molecule has 0 saturated heterocycles. The molecule has 3 N–H and O–H groups in total. The van der Waals surface area contributed by atoms with E-state index in [1.165, 1.54) is 0 Å². The Morgan fingerprint density at radius 2 is 1.92 bits per heavy atom. The second-order valence-electron chi connectivity index (χ2n) is 9.48. The van der Waals surface area contributed by atoms with Crippen molar-refractivity contribution in [3.8, 4) is 11.5 Å². The number of carbonyl (C=O) groups excluding carboxylic acids is 1. The first-order valence-electron chi connectivity index (χ1n) is 13.1. The molecule has 0 saturated carbocycles. The van der Waals surface area contributed by atoms with Gasteiger partial charge in [0.15, 0.2) is 23.9 Å². The molecule has 4 aromatic rings. The summed E-state index contributed by atoms with van der Waals surface area (Å²) in [7, 11) is 3.26. The topological polar surface area (TPSA) is 123 Å². The first-order valence-corrected chi connectivity index (χ1v) is 13.1. The van der Waals surface area contributed by atoms with Crippen molar-refractivity contribution >= 4 is 33.7 Å². The summed E-state index contributed by atoms with van der Waals surface area (Å²) in [5, 5.41) is 4.53. The highest BCUT2D eigenvalue weighted by Crippen LogP contribution is 2.30. The number of aromatic nitrogens is 3. The van der Waals surface area contributed by atoms with Crippen LogP contribution in [0.3, 0.4) is 0 Å². The Hall–Kier alpha value is -3.89. The highest BCUT2D eigenvalue weighted by molar-refractivity contribution is 6.06. The van der Waals surface area contributed by atoms with E-state index >= 15 is 0 Å². The fourth-order valence-corrected chi connectivity index (χ4v) is 4.50. The number of aryl methyl sites for hydroxylation is 1. The van der Waals surface area contributed by atoms with Crippen molar-refractivity contribution in [1.29, 1.82) is 0 Å². The van der Waals surface area contributed by atoms with E-state index in [4.69, 9.17) is 29.7 Å². The van der Waals surface area contributed by atoms with E-state index in [0.717, 1.165) is 52.8 Å². The lowest BCUT2D eigenvalue weighted by molar-refractivity contribution is -0.149. The molecule has 39 heavy (non-hydrogen) atoms. The number of nitrogens with zero attached hydrogens (tertiary/aromatic N) is 3. The molecule has 2 aromatic carbocycles. The summed E-state index contributed by atoms with van der Waals surface area (Å²) in [4.78, 5) is 21.3. The van der Waals surface area contributed by atoms with E-state index < -0.39 is 5.97 Å². The van der Waals surface area contributed by atoms with Crippen LogP contribution in [0.5, 0.6) is 11.5 Å². The molecular weight excluding hydrogens is 498 g/mol. The predicted octanol–water partition coefficient (Wildman–Crippen LogP) is 3.87. The molecule has 0 spiro atoms. The van der Waals surface area contributed by atoms with Gasteiger partial charge in [-0.15, -0.1) is 0 Å². The molecule has 0 unspecified atom stereocenters. The molecule has 10 nitrogen and oxygen atoms in total. The van der Waals surface area contributed by atoms with Crippen molar-refractivity contribution in [2.45, 2.75) is 45.9 Å². The highest BCUT2D eigenvalue weighted by Gasteiger charge is 2.17. The molecule has 0 aliphatic carbocycles. The Labute approximate surface area is 228 Å². The lowest BCUT2D eigenvalue weighted by Crippen LogP contribution is -2.19. The smallest absolute Gasteiger partial charge is 0.344 e. The van der Waals surface area contributed by atoms with Gasteiger partial charge in [0.25, 0.3) is 0 Å². The second kappa shape index (κ2) is 13.3. The van der Waals surface area contributed by atoms with Crippen LogP contribution in [-0.2, 0) is 33.8 Å². The summed E-state index contributed by atoms with van der Waals surface area (Å²) in [5.41, 5.74) is 9.91. The van der Waals surface area contributed by atoms with Crippen LogP contribution in [0.15, 0.2) is 42.5 Å². The zero-order chi connectivity index (χ0) is 27.8. The van der Waals surface area contributed by atoms with Gasteiger partial charge in [-0.05, 0) is 50.6 Å². The normalized spacial score (nSPS) is 11.4. The monoisotopic (exact) mass is 535 g/mol. The zero-order valence-electron chi connectivity index (χ0n) is 23.0. The van der Waals surface area contributed by atoms with Gasteiger partial charge in [0.05, 0.1) is 30.9 Å². The van der Waals surface area contributed by atoms with Crippen LogP contribution in [0.2, 0.25) is 0 Å². The third kappa shape index (κ3) is 6.96. The van der Waals surface area contributed by atoms with Crippen LogP contribution >= 0.6 is 0 Å². The van der Waals surface area contributed by atoms with Crippen LogP contribution in [0.4, 0.5) is 5.82 Å². The molecule has 0 fully saturated rings. The van der Waals surface area contributed by atoms with E-state index in [2.05, 4.69) is 20.9 Å². The first kappa shape index (κ1) is 28.1. The Morgan fingerprint density at radius 3 is 2.69 bits per heavy atom. The summed E-state index contributed by atoms with van der Waals surface area (Å²) >= 11 is 0. The van der Waals surface area contributed by atoms with E-state index in [1.807, 2.05) is 36.4 Å². The fourth-order valence-electron chi connectivity index (χ4n) is 4.50. The first-order chi connectivity index (χ1) is 18.9.